The van der Waals surface area contributed by atoms with E-state index in [1.807, 2.05) is 42.5 Å². The van der Waals surface area contributed by atoms with E-state index in [0.29, 0.717) is 23.1 Å². The van der Waals surface area contributed by atoms with Crippen molar-refractivity contribution in [1.29, 1.82) is 0 Å². The summed E-state index contributed by atoms with van der Waals surface area (Å²) in [5.74, 6) is 1.68. The van der Waals surface area contributed by atoms with E-state index < -0.39 is 0 Å². The quantitative estimate of drug-likeness (QED) is 0.175. The molecule has 0 aliphatic carbocycles. The number of benzene rings is 7. The normalized spacial score (nSPS) is 11.9. The van der Waals surface area contributed by atoms with Gasteiger partial charge in [0.1, 0.15) is 16.7 Å². The van der Waals surface area contributed by atoms with Gasteiger partial charge in [-0.25, -0.2) is 15.0 Å². The molecule has 0 saturated heterocycles. The lowest BCUT2D eigenvalue weighted by molar-refractivity contribution is 0.667. The second kappa shape index (κ2) is 12.3. The Labute approximate surface area is 325 Å². The zero-order valence-corrected chi connectivity index (χ0v) is 30.3. The lowest BCUT2D eigenvalue weighted by atomic mass is 10.0. The third kappa shape index (κ3) is 4.86. The van der Waals surface area contributed by atoms with E-state index in [-0.39, 0.29) is 0 Å². The summed E-state index contributed by atoms with van der Waals surface area (Å²) >= 11 is 0. The molecule has 0 unspecified atom stereocenters. The maximum absolute atomic E-state index is 6.39. The van der Waals surface area contributed by atoms with Gasteiger partial charge in [-0.05, 0) is 48.0 Å². The Morgan fingerprint density at radius 1 is 0.386 bits per heavy atom. The van der Waals surface area contributed by atoms with Crippen LogP contribution >= 0.6 is 0 Å². The molecule has 0 radical (unpaired) electrons. The van der Waals surface area contributed by atoms with Crippen molar-refractivity contribution in [3.05, 3.63) is 176 Å². The third-order valence-electron chi connectivity index (χ3n) is 11.0. The number of nitrogens with zero attached hydrogens (tertiary/aromatic N) is 5. The Hall–Kier alpha value is -7.90. The van der Waals surface area contributed by atoms with Crippen molar-refractivity contribution in [2.24, 2.45) is 0 Å². The van der Waals surface area contributed by atoms with Crippen molar-refractivity contribution in [2.45, 2.75) is 0 Å². The van der Waals surface area contributed by atoms with Crippen LogP contribution in [-0.4, -0.2) is 24.5 Å². The second-order valence-corrected chi connectivity index (χ2v) is 14.2. The smallest absolute Gasteiger partial charge is 0.166 e. The Kier molecular flexibility index (Phi) is 6.79. The molecular weight excluding hydrogens is 703 g/mol. The maximum Gasteiger partial charge on any atom is 0.166 e. The van der Waals surface area contributed by atoms with Crippen LogP contribution in [0, 0.1) is 0 Å². The minimum Gasteiger partial charge on any atom is -0.455 e. The van der Waals surface area contributed by atoms with Gasteiger partial charge in [-0.2, -0.15) is 0 Å². The number of pyridine rings is 1. The molecule has 0 fully saturated rings. The van der Waals surface area contributed by atoms with Crippen LogP contribution in [0.4, 0.5) is 0 Å². The van der Waals surface area contributed by atoms with Gasteiger partial charge in [0.25, 0.3) is 0 Å². The molecule has 5 heterocycles. The molecule has 7 aromatic carbocycles. The van der Waals surface area contributed by atoms with Gasteiger partial charge in [0.15, 0.2) is 23.1 Å². The first-order chi connectivity index (χ1) is 28.3. The minimum absolute atomic E-state index is 0.549. The van der Waals surface area contributed by atoms with Crippen LogP contribution in [0.25, 0.3) is 117 Å². The molecule has 7 nitrogen and oxygen atoms in total. The lowest BCUT2D eigenvalue weighted by Gasteiger charge is -2.15. The standard InChI is InChI=1S/C50H29N5O2/c1-5-18-40-33(11-1)34-12-2-6-19-41(34)55(40)42-20-7-3-14-37(42)49-52-48(53-50(54-49)39-17-10-22-44-46(39)38-27-28-51-29-45(38)56-44)31-25-23-30(24-26-31)32-15-9-16-36-35-13-4-8-21-43(35)57-47(32)36/h1-29H. The Balaban J connectivity index is 1.07. The number of hydrogen-bond donors (Lipinski definition) is 0. The summed E-state index contributed by atoms with van der Waals surface area (Å²) < 4.78 is 15.0. The van der Waals surface area contributed by atoms with E-state index in [0.717, 1.165) is 82.8 Å². The fourth-order valence-corrected chi connectivity index (χ4v) is 8.43. The molecular formula is C50H29N5O2. The van der Waals surface area contributed by atoms with E-state index >= 15 is 0 Å². The zero-order chi connectivity index (χ0) is 37.5. The molecule has 0 N–H and O–H groups in total. The van der Waals surface area contributed by atoms with E-state index in [4.69, 9.17) is 23.8 Å². The molecule has 266 valence electrons. The zero-order valence-electron chi connectivity index (χ0n) is 30.3. The highest BCUT2D eigenvalue weighted by Gasteiger charge is 2.21. The predicted molar refractivity (Wildman–Crippen MR) is 228 cm³/mol. The molecule has 0 aliphatic rings. The van der Waals surface area contributed by atoms with Crippen molar-refractivity contribution in [2.75, 3.05) is 0 Å². The Bertz CT molecular complexity index is 3490. The first-order valence-corrected chi connectivity index (χ1v) is 18.9. The van der Waals surface area contributed by atoms with Crippen LogP contribution in [0.2, 0.25) is 0 Å². The Morgan fingerprint density at radius 3 is 1.81 bits per heavy atom. The molecule has 5 aromatic heterocycles. The highest BCUT2D eigenvalue weighted by Crippen LogP contribution is 2.40. The predicted octanol–water partition coefficient (Wildman–Crippen LogP) is 12.8. The first-order valence-electron chi connectivity index (χ1n) is 18.9. The van der Waals surface area contributed by atoms with Gasteiger partial charge in [0.2, 0.25) is 0 Å². The monoisotopic (exact) mass is 731 g/mol. The van der Waals surface area contributed by atoms with E-state index in [1.165, 1.54) is 10.8 Å². The average Bonchev–Trinajstić information content (AvgIpc) is 3.96. The van der Waals surface area contributed by atoms with Crippen LogP contribution in [-0.2, 0) is 0 Å². The summed E-state index contributed by atoms with van der Waals surface area (Å²) in [6, 6.07) is 56.3. The van der Waals surface area contributed by atoms with Gasteiger partial charge >= 0.3 is 0 Å². The molecule has 12 rings (SSSR count). The van der Waals surface area contributed by atoms with Crippen molar-refractivity contribution in [3.8, 4) is 51.0 Å². The van der Waals surface area contributed by atoms with Crippen LogP contribution < -0.4 is 0 Å². The van der Waals surface area contributed by atoms with Gasteiger partial charge in [-0.3, -0.25) is 4.98 Å². The Morgan fingerprint density at radius 2 is 0.982 bits per heavy atom. The van der Waals surface area contributed by atoms with Gasteiger partial charge in [0, 0.05) is 60.8 Å². The average molecular weight is 732 g/mol. The molecule has 0 atom stereocenters. The van der Waals surface area contributed by atoms with Gasteiger partial charge < -0.3 is 13.4 Å². The molecule has 0 saturated carbocycles. The minimum atomic E-state index is 0.549. The molecule has 57 heavy (non-hydrogen) atoms. The number of para-hydroxylation sites is 5. The summed E-state index contributed by atoms with van der Waals surface area (Å²) in [5.41, 5.74) is 11.1. The second-order valence-electron chi connectivity index (χ2n) is 14.2. The number of hydrogen-bond acceptors (Lipinski definition) is 6. The van der Waals surface area contributed by atoms with Crippen LogP contribution in [0.3, 0.4) is 0 Å². The van der Waals surface area contributed by atoms with Crippen LogP contribution in [0.1, 0.15) is 0 Å². The molecule has 0 aliphatic heterocycles. The van der Waals surface area contributed by atoms with Crippen molar-refractivity contribution in [1.82, 2.24) is 24.5 Å². The topological polar surface area (TPSA) is 82.8 Å². The summed E-state index contributed by atoms with van der Waals surface area (Å²) in [6.45, 7) is 0. The summed E-state index contributed by atoms with van der Waals surface area (Å²) in [7, 11) is 0. The van der Waals surface area contributed by atoms with Crippen molar-refractivity contribution in [3.63, 3.8) is 0 Å². The number of furan rings is 2. The largest absolute Gasteiger partial charge is 0.455 e. The lowest BCUT2D eigenvalue weighted by Crippen LogP contribution is -2.03. The molecule has 0 amide bonds. The number of rotatable bonds is 5. The summed E-state index contributed by atoms with van der Waals surface area (Å²) in [6.07, 6.45) is 3.53. The highest BCUT2D eigenvalue weighted by atomic mass is 16.3. The number of fused-ring (bicyclic) bond motifs is 9. The third-order valence-corrected chi connectivity index (χ3v) is 11.0. The van der Waals surface area contributed by atoms with Crippen LogP contribution in [0.15, 0.2) is 185 Å². The maximum atomic E-state index is 6.39. The molecule has 0 bridgehead atoms. The highest BCUT2D eigenvalue weighted by molar-refractivity contribution is 6.12. The molecule has 12 aromatic rings. The summed E-state index contributed by atoms with van der Waals surface area (Å²) in [5, 5.41) is 6.46. The number of aromatic nitrogens is 5. The van der Waals surface area contributed by atoms with E-state index in [1.54, 1.807) is 12.4 Å². The fraction of sp³-hybridized carbons (Fsp3) is 0. The molecule has 0 spiro atoms. The van der Waals surface area contributed by atoms with Gasteiger partial charge in [0.05, 0.1) is 22.9 Å². The van der Waals surface area contributed by atoms with Gasteiger partial charge in [-0.1, -0.05) is 121 Å². The van der Waals surface area contributed by atoms with Crippen molar-refractivity contribution < 1.29 is 8.83 Å². The van der Waals surface area contributed by atoms with E-state index in [2.05, 4.69) is 131 Å². The van der Waals surface area contributed by atoms with Crippen molar-refractivity contribution >= 4 is 65.7 Å². The first kappa shape index (κ1) is 31.5. The fourth-order valence-electron chi connectivity index (χ4n) is 8.43. The summed E-state index contributed by atoms with van der Waals surface area (Å²) in [4.78, 5) is 20.0. The molecule has 7 heteroatoms. The van der Waals surface area contributed by atoms with Gasteiger partial charge in [-0.15, -0.1) is 0 Å². The van der Waals surface area contributed by atoms with E-state index in [9.17, 15) is 0 Å². The SMILES string of the molecule is c1ccc(-n2c3ccccc3c3ccccc32)c(-c2nc(-c3ccc(-c4cccc5c4oc4ccccc45)cc3)nc(-c3cccc4oc5cnccc5c34)n2)c1. The van der Waals surface area contributed by atoms with Crippen LogP contribution in [0.5, 0.6) is 0 Å².